The Morgan fingerprint density at radius 3 is 2.14 bits per heavy atom. The third-order valence-electron chi connectivity index (χ3n) is 4.31. The highest BCUT2D eigenvalue weighted by atomic mass is 32.1. The molecule has 0 aliphatic carbocycles. The van der Waals surface area contributed by atoms with E-state index in [0.29, 0.717) is 11.0 Å². The quantitative estimate of drug-likeness (QED) is 0.665. The monoisotopic (exact) mass is 311 g/mol. The predicted molar refractivity (Wildman–Crippen MR) is 93.6 cm³/mol. The van der Waals surface area contributed by atoms with Crippen molar-refractivity contribution in [2.24, 2.45) is 20.0 Å². The fourth-order valence-corrected chi connectivity index (χ4v) is 2.41. The molecule has 0 aliphatic heterocycles. The minimum absolute atomic E-state index is 0.0374. The van der Waals surface area contributed by atoms with E-state index in [9.17, 15) is 0 Å². The second-order valence-electron chi connectivity index (χ2n) is 7.67. The largest absolute Gasteiger partial charge is 0.338 e. The number of nitrogens with one attached hydrogen (secondary N) is 2. The van der Waals surface area contributed by atoms with Gasteiger partial charge < -0.3 is 5.32 Å². The van der Waals surface area contributed by atoms with Gasteiger partial charge in [0.1, 0.15) is 7.05 Å². The molecule has 0 aliphatic rings. The lowest BCUT2D eigenvalue weighted by molar-refractivity contribution is -0.738. The molecule has 1 aromatic heterocycles. The number of hydrogen-bond acceptors (Lipinski definition) is 1. The van der Waals surface area contributed by atoms with Crippen LogP contribution in [0, 0.1) is 5.92 Å². The number of nitrogens with zero attached hydrogens (tertiary/aromatic N) is 2. The normalized spacial score (nSPS) is 12.7. The first-order valence-corrected chi connectivity index (χ1v) is 7.92. The van der Waals surface area contributed by atoms with Crippen LogP contribution in [0.25, 0.3) is 0 Å². The first kappa shape index (κ1) is 18.0. The highest BCUT2D eigenvalue weighted by molar-refractivity contribution is 7.80. The van der Waals surface area contributed by atoms with Crippen LogP contribution < -0.4 is 15.3 Å². The van der Waals surface area contributed by atoms with E-state index in [2.05, 4.69) is 81.6 Å². The SMILES string of the molecule is CC(C)C(C)(C)NC(=S)Nc1cc(C(C)(C)C)n(C)[n+]1C. The summed E-state index contributed by atoms with van der Waals surface area (Å²) >= 11 is 5.46. The molecule has 21 heavy (non-hydrogen) atoms. The predicted octanol–water partition coefficient (Wildman–Crippen LogP) is 2.87. The summed E-state index contributed by atoms with van der Waals surface area (Å²) in [6.45, 7) is 15.3. The average molecular weight is 312 g/mol. The molecule has 1 heterocycles. The van der Waals surface area contributed by atoms with Crippen molar-refractivity contribution in [3.8, 4) is 0 Å². The molecule has 2 N–H and O–H groups in total. The lowest BCUT2D eigenvalue weighted by atomic mass is 9.91. The summed E-state index contributed by atoms with van der Waals surface area (Å²) in [6.07, 6.45) is 0. The Bertz CT molecular complexity index is 521. The molecule has 0 atom stereocenters. The van der Waals surface area contributed by atoms with Crippen LogP contribution in [0.3, 0.4) is 0 Å². The van der Waals surface area contributed by atoms with Crippen LogP contribution in [0.5, 0.6) is 0 Å². The van der Waals surface area contributed by atoms with E-state index in [1.54, 1.807) is 0 Å². The van der Waals surface area contributed by atoms with Crippen LogP contribution in [0.15, 0.2) is 6.07 Å². The fourth-order valence-electron chi connectivity index (χ4n) is 2.04. The number of hydrogen-bond donors (Lipinski definition) is 2. The Kier molecular flexibility index (Phi) is 5.09. The topological polar surface area (TPSA) is 32.9 Å². The molecule has 4 nitrogen and oxygen atoms in total. The van der Waals surface area contributed by atoms with E-state index >= 15 is 0 Å². The molecular formula is C16H31N4S+. The summed E-state index contributed by atoms with van der Waals surface area (Å²) in [7, 11) is 4.11. The third kappa shape index (κ3) is 4.19. The maximum absolute atomic E-state index is 5.46. The highest BCUT2D eigenvalue weighted by Crippen LogP contribution is 2.23. The minimum Gasteiger partial charge on any atom is -0.338 e. The van der Waals surface area contributed by atoms with Gasteiger partial charge in [0.05, 0.1) is 11.8 Å². The smallest absolute Gasteiger partial charge is 0.301 e. The van der Waals surface area contributed by atoms with Crippen molar-refractivity contribution in [1.82, 2.24) is 10.00 Å². The van der Waals surface area contributed by atoms with Gasteiger partial charge in [-0.15, -0.1) is 0 Å². The maximum atomic E-state index is 5.46. The van der Waals surface area contributed by atoms with Gasteiger partial charge in [0.2, 0.25) is 0 Å². The molecule has 0 fully saturated rings. The number of anilines is 1. The summed E-state index contributed by atoms with van der Waals surface area (Å²) in [4.78, 5) is 0. The third-order valence-corrected chi connectivity index (χ3v) is 4.51. The average Bonchev–Trinajstić information content (AvgIpc) is 2.55. The molecule has 0 bridgehead atoms. The molecule has 5 heteroatoms. The van der Waals surface area contributed by atoms with E-state index in [1.165, 1.54) is 5.69 Å². The summed E-state index contributed by atoms with van der Waals surface area (Å²) in [5.41, 5.74) is 1.32. The van der Waals surface area contributed by atoms with E-state index < -0.39 is 0 Å². The second-order valence-corrected chi connectivity index (χ2v) is 8.08. The van der Waals surface area contributed by atoms with Gasteiger partial charge in [-0.1, -0.05) is 34.6 Å². The lowest BCUT2D eigenvalue weighted by Gasteiger charge is -2.30. The molecule has 0 saturated carbocycles. The minimum atomic E-state index is -0.0374. The van der Waals surface area contributed by atoms with Gasteiger partial charge in [0, 0.05) is 18.0 Å². The van der Waals surface area contributed by atoms with Crippen LogP contribution in [-0.4, -0.2) is 15.3 Å². The number of aromatic nitrogens is 2. The Morgan fingerprint density at radius 2 is 1.76 bits per heavy atom. The van der Waals surface area contributed by atoms with Crippen molar-refractivity contribution in [2.45, 2.75) is 59.4 Å². The molecule has 0 unspecified atom stereocenters. The zero-order valence-electron chi connectivity index (χ0n) is 15.0. The molecule has 1 aromatic rings. The van der Waals surface area contributed by atoms with Gasteiger partial charge >= 0.3 is 5.82 Å². The van der Waals surface area contributed by atoms with E-state index in [-0.39, 0.29) is 11.0 Å². The van der Waals surface area contributed by atoms with Gasteiger partial charge in [0.15, 0.2) is 0 Å². The first-order chi connectivity index (χ1) is 9.36. The van der Waals surface area contributed by atoms with Crippen molar-refractivity contribution >= 4 is 23.1 Å². The highest BCUT2D eigenvalue weighted by Gasteiger charge is 2.28. The Labute approximate surface area is 134 Å². The Balaban J connectivity index is 2.93. The summed E-state index contributed by atoms with van der Waals surface area (Å²) in [6, 6.07) is 2.16. The number of thiocarbonyl (C=S) groups is 1. The molecule has 0 amide bonds. The Morgan fingerprint density at radius 1 is 1.24 bits per heavy atom. The summed E-state index contributed by atoms with van der Waals surface area (Å²) in [5, 5.41) is 7.38. The van der Waals surface area contributed by atoms with Gasteiger partial charge in [-0.2, -0.15) is 4.68 Å². The molecule has 0 spiro atoms. The van der Waals surface area contributed by atoms with Crippen LogP contribution in [0.1, 0.15) is 54.2 Å². The van der Waals surface area contributed by atoms with E-state index in [4.69, 9.17) is 12.2 Å². The maximum Gasteiger partial charge on any atom is 0.301 e. The second kappa shape index (κ2) is 5.95. The van der Waals surface area contributed by atoms with Crippen LogP contribution in [0.2, 0.25) is 0 Å². The van der Waals surface area contributed by atoms with Crippen molar-refractivity contribution in [1.29, 1.82) is 0 Å². The molecule has 1 rings (SSSR count). The molecular weight excluding hydrogens is 280 g/mol. The van der Waals surface area contributed by atoms with Gasteiger partial charge in [-0.25, -0.2) is 10.00 Å². The van der Waals surface area contributed by atoms with Crippen LogP contribution in [0.4, 0.5) is 5.82 Å². The van der Waals surface area contributed by atoms with Gasteiger partial charge in [0.25, 0.3) is 5.11 Å². The molecule has 120 valence electrons. The lowest BCUT2D eigenvalue weighted by Crippen LogP contribution is -2.50. The van der Waals surface area contributed by atoms with Gasteiger partial charge in [-0.05, 0) is 32.0 Å². The van der Waals surface area contributed by atoms with Crippen molar-refractivity contribution in [2.75, 3.05) is 5.32 Å². The van der Waals surface area contributed by atoms with Crippen LogP contribution >= 0.6 is 12.2 Å². The molecule has 0 saturated heterocycles. The van der Waals surface area contributed by atoms with Crippen molar-refractivity contribution < 1.29 is 4.68 Å². The van der Waals surface area contributed by atoms with Gasteiger partial charge in [-0.3, -0.25) is 0 Å². The summed E-state index contributed by atoms with van der Waals surface area (Å²) < 4.78 is 4.23. The van der Waals surface area contributed by atoms with E-state index in [0.717, 1.165) is 5.82 Å². The first-order valence-electron chi connectivity index (χ1n) is 7.52. The fraction of sp³-hybridized carbons (Fsp3) is 0.750. The van der Waals surface area contributed by atoms with Crippen molar-refractivity contribution in [3.05, 3.63) is 11.8 Å². The van der Waals surface area contributed by atoms with Crippen LogP contribution in [-0.2, 0) is 19.5 Å². The molecule has 0 radical (unpaired) electrons. The summed E-state index contributed by atoms with van der Waals surface area (Å²) in [5.74, 6) is 1.49. The standard InChI is InChI=1S/C16H30N4S/c1-11(2)16(6,7)18-14(21)17-13-10-12(15(3,4)5)19(8)20(13)9/h10-11H,1-9H3,(H,18,21)/p+1. The van der Waals surface area contributed by atoms with Crippen molar-refractivity contribution in [3.63, 3.8) is 0 Å². The molecule has 0 aromatic carbocycles. The zero-order chi connectivity index (χ0) is 16.6. The Hall–Kier alpha value is -1.10. The van der Waals surface area contributed by atoms with E-state index in [1.807, 2.05) is 7.05 Å². The number of rotatable bonds is 3. The zero-order valence-corrected chi connectivity index (χ0v) is 15.8.